The van der Waals surface area contributed by atoms with E-state index in [1.54, 1.807) is 12.1 Å². The average molecular weight is 506 g/mol. The molecule has 0 aliphatic carbocycles. The molecule has 3 rings (SSSR count). The lowest BCUT2D eigenvalue weighted by molar-refractivity contribution is -0.143. The van der Waals surface area contributed by atoms with Gasteiger partial charge in [-0.25, -0.2) is 9.69 Å². The van der Waals surface area contributed by atoms with Crippen molar-refractivity contribution in [3.05, 3.63) is 68.4 Å². The summed E-state index contributed by atoms with van der Waals surface area (Å²) in [5.74, 6) is -0.516. The van der Waals surface area contributed by atoms with Gasteiger partial charge in [-0.2, -0.15) is 0 Å². The van der Waals surface area contributed by atoms with Crippen LogP contribution in [0, 0.1) is 10.5 Å². The highest BCUT2D eigenvalue weighted by Crippen LogP contribution is 2.25. The molecule has 0 spiro atoms. The van der Waals surface area contributed by atoms with Gasteiger partial charge in [0.25, 0.3) is 5.91 Å². The predicted octanol–water partition coefficient (Wildman–Crippen LogP) is 3.24. The largest absolute Gasteiger partial charge is 0.488 e. The first-order chi connectivity index (χ1) is 13.9. The summed E-state index contributed by atoms with van der Waals surface area (Å²) in [5.41, 5.74) is 3.08. The number of carbonyl (C=O) groups is 3. The van der Waals surface area contributed by atoms with Crippen molar-refractivity contribution in [1.29, 1.82) is 0 Å². The fourth-order valence-corrected chi connectivity index (χ4v) is 3.46. The fraction of sp³-hybridized carbons (Fsp3) is 0.190. The van der Waals surface area contributed by atoms with Crippen LogP contribution in [0.25, 0.3) is 6.08 Å². The van der Waals surface area contributed by atoms with Gasteiger partial charge in [-0.3, -0.25) is 9.59 Å². The molecule has 29 heavy (non-hydrogen) atoms. The lowest BCUT2D eigenvalue weighted by Crippen LogP contribution is -2.36. The van der Waals surface area contributed by atoms with Crippen molar-refractivity contribution in [2.45, 2.75) is 13.5 Å². The van der Waals surface area contributed by atoms with Gasteiger partial charge < -0.3 is 14.8 Å². The van der Waals surface area contributed by atoms with E-state index in [1.807, 2.05) is 37.3 Å². The van der Waals surface area contributed by atoms with Gasteiger partial charge in [0.15, 0.2) is 0 Å². The van der Waals surface area contributed by atoms with Gasteiger partial charge in [0.2, 0.25) is 0 Å². The van der Waals surface area contributed by atoms with Crippen LogP contribution < -0.4 is 10.1 Å². The Bertz CT molecular complexity index is 1000. The zero-order chi connectivity index (χ0) is 21.0. The van der Waals surface area contributed by atoms with Gasteiger partial charge >= 0.3 is 12.0 Å². The van der Waals surface area contributed by atoms with E-state index in [4.69, 9.17) is 4.74 Å². The minimum Gasteiger partial charge on any atom is -0.488 e. The van der Waals surface area contributed by atoms with E-state index in [1.165, 1.54) is 12.7 Å². The van der Waals surface area contributed by atoms with Crippen molar-refractivity contribution in [2.24, 2.45) is 0 Å². The number of hydrogen-bond donors (Lipinski definition) is 1. The molecule has 150 valence electrons. The Balaban J connectivity index is 1.70. The summed E-state index contributed by atoms with van der Waals surface area (Å²) in [7, 11) is 1.20. The number of carbonyl (C=O) groups excluding carboxylic acids is 3. The van der Waals surface area contributed by atoms with Crippen molar-refractivity contribution in [3.8, 4) is 5.75 Å². The maximum absolute atomic E-state index is 12.4. The van der Waals surface area contributed by atoms with Crippen molar-refractivity contribution >= 4 is 46.6 Å². The van der Waals surface area contributed by atoms with E-state index in [2.05, 4.69) is 38.7 Å². The van der Waals surface area contributed by atoms with E-state index < -0.39 is 24.5 Å². The summed E-state index contributed by atoms with van der Waals surface area (Å²) >= 11 is 2.16. The normalized spacial score (nSPS) is 14.9. The monoisotopic (exact) mass is 506 g/mol. The first-order valence-electron chi connectivity index (χ1n) is 8.76. The van der Waals surface area contributed by atoms with Crippen molar-refractivity contribution in [1.82, 2.24) is 10.2 Å². The summed E-state index contributed by atoms with van der Waals surface area (Å²) in [4.78, 5) is 36.4. The molecule has 1 N–H and O–H groups in total. The maximum Gasteiger partial charge on any atom is 0.329 e. The molecule has 1 heterocycles. The van der Waals surface area contributed by atoms with E-state index in [-0.39, 0.29) is 5.70 Å². The molecule has 1 fully saturated rings. The molecule has 2 aromatic rings. The summed E-state index contributed by atoms with van der Waals surface area (Å²) in [6.07, 6.45) is 1.56. The van der Waals surface area contributed by atoms with E-state index in [9.17, 15) is 14.4 Å². The number of nitrogens with one attached hydrogen (secondary N) is 1. The first-order valence-corrected chi connectivity index (χ1v) is 9.84. The molecule has 1 saturated heterocycles. The number of rotatable bonds is 6. The summed E-state index contributed by atoms with van der Waals surface area (Å²) in [6, 6.07) is 12.9. The number of ether oxygens (including phenoxy) is 2. The Kier molecular flexibility index (Phi) is 6.53. The molecule has 7 nitrogen and oxygen atoms in total. The fourth-order valence-electron chi connectivity index (χ4n) is 2.76. The molecule has 0 unspecified atom stereocenters. The Morgan fingerprint density at radius 1 is 1.21 bits per heavy atom. The van der Waals surface area contributed by atoms with Crippen molar-refractivity contribution in [2.75, 3.05) is 13.7 Å². The number of nitrogens with zero attached hydrogens (tertiary/aromatic N) is 1. The molecule has 1 aliphatic heterocycles. The topological polar surface area (TPSA) is 84.9 Å². The average Bonchev–Trinajstić information content (AvgIpc) is 2.94. The van der Waals surface area contributed by atoms with E-state index in [0.717, 1.165) is 25.3 Å². The van der Waals surface area contributed by atoms with Crippen LogP contribution in [0.15, 0.2) is 48.2 Å². The van der Waals surface area contributed by atoms with E-state index >= 15 is 0 Å². The SMILES string of the molecule is COC(=O)CN1C(=O)N/C(=C/c2ccc(OCc3cccc(C)c3)c(I)c2)C1=O. The molecular formula is C21H19IN2O5. The second kappa shape index (κ2) is 9.08. The number of methoxy groups -OCH3 is 1. The number of aryl methyl sites for hydroxylation is 1. The smallest absolute Gasteiger partial charge is 0.329 e. The Morgan fingerprint density at radius 2 is 2.00 bits per heavy atom. The first kappa shape index (κ1) is 20.8. The minimum absolute atomic E-state index is 0.100. The number of benzene rings is 2. The number of hydrogen-bond acceptors (Lipinski definition) is 5. The highest BCUT2D eigenvalue weighted by atomic mass is 127. The van der Waals surface area contributed by atoms with Crippen LogP contribution in [0.5, 0.6) is 5.75 Å². The summed E-state index contributed by atoms with van der Waals surface area (Å²) < 4.78 is 11.3. The van der Waals surface area contributed by atoms with Gasteiger partial charge in [0.05, 0.1) is 10.7 Å². The Labute approximate surface area is 181 Å². The lowest BCUT2D eigenvalue weighted by atomic mass is 10.1. The zero-order valence-electron chi connectivity index (χ0n) is 15.9. The predicted molar refractivity (Wildman–Crippen MR) is 115 cm³/mol. The molecule has 0 aromatic heterocycles. The molecular weight excluding hydrogens is 487 g/mol. The third-order valence-corrected chi connectivity index (χ3v) is 5.06. The highest BCUT2D eigenvalue weighted by Gasteiger charge is 2.35. The van der Waals surface area contributed by atoms with Crippen LogP contribution in [-0.4, -0.2) is 36.5 Å². The minimum atomic E-state index is -0.667. The van der Waals surface area contributed by atoms with Crippen molar-refractivity contribution < 1.29 is 23.9 Å². The standard InChI is InChI=1S/C21H19IN2O5/c1-13-4-3-5-15(8-13)12-29-18-7-6-14(9-16(18)22)10-17-20(26)24(21(27)23-17)11-19(25)28-2/h3-10H,11-12H2,1-2H3,(H,23,27)/b17-10+. The van der Waals surface area contributed by atoms with Gasteiger partial charge in [-0.15, -0.1) is 0 Å². The molecule has 8 heteroatoms. The molecule has 0 bridgehead atoms. The third-order valence-electron chi connectivity index (χ3n) is 4.22. The quantitative estimate of drug-likeness (QED) is 0.282. The van der Waals surface area contributed by atoms with Crippen LogP contribution in [0.4, 0.5) is 4.79 Å². The number of urea groups is 1. The molecule has 3 amide bonds. The van der Waals surface area contributed by atoms with Gasteiger partial charge in [0.1, 0.15) is 24.6 Å². The van der Waals surface area contributed by atoms with E-state index in [0.29, 0.717) is 6.61 Å². The number of esters is 1. The lowest BCUT2D eigenvalue weighted by Gasteiger charge is -2.10. The molecule has 0 atom stereocenters. The summed E-state index contributed by atoms with van der Waals surface area (Å²) in [6.45, 7) is 2.06. The maximum atomic E-state index is 12.4. The number of amides is 3. The Morgan fingerprint density at radius 3 is 2.69 bits per heavy atom. The van der Waals surface area contributed by atoms with Crippen LogP contribution in [-0.2, 0) is 20.9 Å². The third kappa shape index (κ3) is 5.14. The van der Waals surface area contributed by atoms with Gasteiger partial charge in [-0.05, 0) is 58.9 Å². The van der Waals surface area contributed by atoms with Crippen LogP contribution in [0.2, 0.25) is 0 Å². The molecule has 1 aliphatic rings. The van der Waals surface area contributed by atoms with Crippen LogP contribution in [0.3, 0.4) is 0 Å². The molecule has 0 saturated carbocycles. The molecule has 0 radical (unpaired) electrons. The highest BCUT2D eigenvalue weighted by molar-refractivity contribution is 14.1. The molecule has 2 aromatic carbocycles. The van der Waals surface area contributed by atoms with Crippen LogP contribution >= 0.6 is 22.6 Å². The summed E-state index contributed by atoms with van der Waals surface area (Å²) in [5, 5.41) is 2.47. The van der Waals surface area contributed by atoms with Gasteiger partial charge in [0, 0.05) is 0 Å². The second-order valence-electron chi connectivity index (χ2n) is 6.42. The number of imide groups is 1. The Hall–Kier alpha value is -2.88. The van der Waals surface area contributed by atoms with Crippen LogP contribution in [0.1, 0.15) is 16.7 Å². The second-order valence-corrected chi connectivity index (χ2v) is 7.59. The van der Waals surface area contributed by atoms with Crippen molar-refractivity contribution in [3.63, 3.8) is 0 Å². The number of halogens is 1. The van der Waals surface area contributed by atoms with Gasteiger partial charge in [-0.1, -0.05) is 35.9 Å². The zero-order valence-corrected chi connectivity index (χ0v) is 18.1.